The number of nitrogens with one attached hydrogen (secondary N) is 2. The molecular weight excluding hydrogens is 366 g/mol. The minimum absolute atomic E-state index is 0.0119. The number of aromatic nitrogens is 2. The SMILES string of the molecule is Cc1noc([C@H]2CN(C(=O)NC3CCC(=O)NC3C3CCCO3)C[C@@H](C)O2)n1. The van der Waals surface area contributed by atoms with E-state index in [1.54, 1.807) is 11.8 Å². The Morgan fingerprint density at radius 3 is 2.89 bits per heavy atom. The molecule has 0 saturated carbocycles. The van der Waals surface area contributed by atoms with Gasteiger partial charge in [0.05, 0.1) is 30.8 Å². The number of rotatable bonds is 3. The molecule has 0 aromatic carbocycles. The molecule has 3 fully saturated rings. The summed E-state index contributed by atoms with van der Waals surface area (Å²) in [5, 5.41) is 9.91. The Kier molecular flexibility index (Phi) is 5.49. The molecule has 10 nitrogen and oxygen atoms in total. The van der Waals surface area contributed by atoms with E-state index in [4.69, 9.17) is 14.0 Å². The van der Waals surface area contributed by atoms with Crippen molar-refractivity contribution in [2.75, 3.05) is 19.7 Å². The summed E-state index contributed by atoms with van der Waals surface area (Å²) in [6, 6.07) is -0.531. The molecule has 10 heteroatoms. The van der Waals surface area contributed by atoms with Gasteiger partial charge in [-0.1, -0.05) is 5.16 Å². The zero-order valence-corrected chi connectivity index (χ0v) is 16.2. The van der Waals surface area contributed by atoms with Gasteiger partial charge in [0.1, 0.15) is 0 Å². The first-order valence-electron chi connectivity index (χ1n) is 9.91. The molecule has 3 saturated heterocycles. The van der Waals surface area contributed by atoms with E-state index in [0.717, 1.165) is 12.8 Å². The lowest BCUT2D eigenvalue weighted by Gasteiger charge is -2.39. The molecule has 4 heterocycles. The fraction of sp³-hybridized carbons (Fsp3) is 0.778. The van der Waals surface area contributed by atoms with E-state index < -0.39 is 6.10 Å². The van der Waals surface area contributed by atoms with Crippen molar-refractivity contribution in [3.63, 3.8) is 0 Å². The van der Waals surface area contributed by atoms with Crippen LogP contribution in [0, 0.1) is 6.92 Å². The Bertz CT molecular complexity index is 719. The van der Waals surface area contributed by atoms with Crippen molar-refractivity contribution in [1.82, 2.24) is 25.7 Å². The van der Waals surface area contributed by atoms with Crippen LogP contribution in [0.1, 0.15) is 50.4 Å². The molecule has 3 aliphatic heterocycles. The molecule has 154 valence electrons. The Hall–Kier alpha value is -2.20. The van der Waals surface area contributed by atoms with Gasteiger partial charge in [0.15, 0.2) is 11.9 Å². The average molecular weight is 393 g/mol. The van der Waals surface area contributed by atoms with Crippen LogP contribution in [0.5, 0.6) is 0 Å². The number of aryl methyl sites for hydroxylation is 1. The zero-order chi connectivity index (χ0) is 19.7. The van der Waals surface area contributed by atoms with Gasteiger partial charge >= 0.3 is 6.03 Å². The first kappa shape index (κ1) is 19.1. The third-order valence-electron chi connectivity index (χ3n) is 5.48. The Balaban J connectivity index is 1.41. The highest BCUT2D eigenvalue weighted by Gasteiger charge is 2.39. The number of morpholine rings is 1. The standard InChI is InChI=1S/C18H27N5O5/c1-10-8-23(9-14(27-10)17-19-11(2)22-28-17)18(25)20-12-5-6-15(24)21-16(12)13-4-3-7-26-13/h10,12-14,16H,3-9H2,1-2H3,(H,20,25)(H,21,24)/t10-,12?,13?,14-,16?/m1/s1. The largest absolute Gasteiger partial charge is 0.376 e. The maximum atomic E-state index is 13.0. The normalized spacial score (nSPS) is 33.6. The van der Waals surface area contributed by atoms with Gasteiger partial charge in [-0.05, 0) is 33.1 Å². The second kappa shape index (κ2) is 8.04. The molecule has 3 aliphatic rings. The maximum Gasteiger partial charge on any atom is 0.317 e. The summed E-state index contributed by atoms with van der Waals surface area (Å²) in [7, 11) is 0. The smallest absolute Gasteiger partial charge is 0.317 e. The van der Waals surface area contributed by atoms with E-state index in [9.17, 15) is 9.59 Å². The molecule has 28 heavy (non-hydrogen) atoms. The van der Waals surface area contributed by atoms with Crippen LogP contribution in [-0.4, -0.2) is 71.0 Å². The second-order valence-corrected chi connectivity index (χ2v) is 7.76. The highest BCUT2D eigenvalue weighted by molar-refractivity contribution is 5.79. The molecule has 2 N–H and O–H groups in total. The third-order valence-corrected chi connectivity index (χ3v) is 5.48. The number of carbonyl (C=O) groups excluding carboxylic acids is 2. The molecule has 0 spiro atoms. The van der Waals surface area contributed by atoms with Gasteiger partial charge in [0.25, 0.3) is 5.89 Å². The fourth-order valence-electron chi connectivity index (χ4n) is 4.17. The Labute approximate surface area is 163 Å². The predicted octanol–water partition coefficient (Wildman–Crippen LogP) is 0.676. The average Bonchev–Trinajstić information content (AvgIpc) is 3.34. The number of hydrogen-bond donors (Lipinski definition) is 2. The van der Waals surface area contributed by atoms with Crippen LogP contribution in [0.2, 0.25) is 0 Å². The molecule has 1 aromatic heterocycles. The van der Waals surface area contributed by atoms with Crippen molar-refractivity contribution in [2.45, 2.75) is 69.9 Å². The highest BCUT2D eigenvalue weighted by Crippen LogP contribution is 2.26. The van der Waals surface area contributed by atoms with Crippen LogP contribution in [-0.2, 0) is 14.3 Å². The number of ether oxygens (including phenoxy) is 2. The number of nitrogens with zero attached hydrogens (tertiary/aromatic N) is 3. The van der Waals surface area contributed by atoms with Crippen LogP contribution < -0.4 is 10.6 Å². The third kappa shape index (κ3) is 4.12. The molecular formula is C18H27N5O5. The summed E-state index contributed by atoms with van der Waals surface area (Å²) in [6.07, 6.45) is 2.22. The Morgan fingerprint density at radius 1 is 1.32 bits per heavy atom. The summed E-state index contributed by atoms with van der Waals surface area (Å²) >= 11 is 0. The van der Waals surface area contributed by atoms with Crippen molar-refractivity contribution < 1.29 is 23.6 Å². The lowest BCUT2D eigenvalue weighted by atomic mass is 9.92. The topological polar surface area (TPSA) is 119 Å². The first-order valence-corrected chi connectivity index (χ1v) is 9.91. The van der Waals surface area contributed by atoms with Crippen LogP contribution >= 0.6 is 0 Å². The van der Waals surface area contributed by atoms with Crippen molar-refractivity contribution in [1.29, 1.82) is 0 Å². The predicted molar refractivity (Wildman–Crippen MR) is 96.4 cm³/mol. The molecule has 4 rings (SSSR count). The van der Waals surface area contributed by atoms with Crippen LogP contribution in [0.25, 0.3) is 0 Å². The second-order valence-electron chi connectivity index (χ2n) is 7.76. The van der Waals surface area contributed by atoms with E-state index in [1.165, 1.54) is 0 Å². The van der Waals surface area contributed by atoms with Gasteiger partial charge in [-0.3, -0.25) is 4.79 Å². The van der Waals surface area contributed by atoms with Crippen molar-refractivity contribution >= 4 is 11.9 Å². The number of urea groups is 1. The molecule has 0 aliphatic carbocycles. The van der Waals surface area contributed by atoms with E-state index in [1.807, 2.05) is 6.92 Å². The lowest BCUT2D eigenvalue weighted by Crippen LogP contribution is -2.62. The molecule has 0 radical (unpaired) electrons. The number of amides is 3. The minimum Gasteiger partial charge on any atom is -0.376 e. The number of piperidine rings is 1. The van der Waals surface area contributed by atoms with Gasteiger partial charge in [-0.15, -0.1) is 0 Å². The quantitative estimate of drug-likeness (QED) is 0.775. The summed E-state index contributed by atoms with van der Waals surface area (Å²) < 4.78 is 16.9. The van der Waals surface area contributed by atoms with E-state index in [2.05, 4.69) is 20.8 Å². The monoisotopic (exact) mass is 393 g/mol. The van der Waals surface area contributed by atoms with Gasteiger partial charge in [-0.2, -0.15) is 4.98 Å². The number of carbonyl (C=O) groups is 2. The molecule has 5 atom stereocenters. The van der Waals surface area contributed by atoms with Crippen molar-refractivity contribution in [3.05, 3.63) is 11.7 Å². The number of hydrogen-bond acceptors (Lipinski definition) is 7. The maximum absolute atomic E-state index is 13.0. The summed E-state index contributed by atoms with van der Waals surface area (Å²) in [5.41, 5.74) is 0. The van der Waals surface area contributed by atoms with Crippen LogP contribution in [0.4, 0.5) is 4.79 Å². The summed E-state index contributed by atoms with van der Waals surface area (Å²) in [5.74, 6) is 0.923. The molecule has 3 amide bonds. The van der Waals surface area contributed by atoms with Gasteiger partial charge < -0.3 is 29.5 Å². The van der Waals surface area contributed by atoms with E-state index in [-0.39, 0.29) is 36.2 Å². The van der Waals surface area contributed by atoms with Crippen LogP contribution in [0.15, 0.2) is 4.52 Å². The molecule has 1 aromatic rings. The van der Waals surface area contributed by atoms with Gasteiger partial charge in [-0.25, -0.2) is 4.79 Å². The molecule has 0 bridgehead atoms. The van der Waals surface area contributed by atoms with Crippen LogP contribution in [0.3, 0.4) is 0 Å². The lowest BCUT2D eigenvalue weighted by molar-refractivity contribution is -0.125. The zero-order valence-electron chi connectivity index (χ0n) is 16.2. The Morgan fingerprint density at radius 2 is 2.18 bits per heavy atom. The summed E-state index contributed by atoms with van der Waals surface area (Å²) in [6.45, 7) is 5.16. The highest BCUT2D eigenvalue weighted by atomic mass is 16.5. The van der Waals surface area contributed by atoms with Gasteiger partial charge in [0.2, 0.25) is 5.91 Å². The van der Waals surface area contributed by atoms with Gasteiger partial charge in [0, 0.05) is 19.6 Å². The first-order chi connectivity index (χ1) is 13.5. The van der Waals surface area contributed by atoms with Crippen molar-refractivity contribution in [3.8, 4) is 0 Å². The van der Waals surface area contributed by atoms with Crippen molar-refractivity contribution in [2.24, 2.45) is 0 Å². The minimum atomic E-state index is -0.448. The summed E-state index contributed by atoms with van der Waals surface area (Å²) in [4.78, 5) is 30.8. The van der Waals surface area contributed by atoms with E-state index >= 15 is 0 Å². The fourth-order valence-corrected chi connectivity index (χ4v) is 4.17. The molecule has 3 unspecified atom stereocenters. The van der Waals surface area contributed by atoms with E-state index in [0.29, 0.717) is 44.3 Å².